The van der Waals surface area contributed by atoms with Crippen molar-refractivity contribution in [1.82, 2.24) is 4.72 Å². The summed E-state index contributed by atoms with van der Waals surface area (Å²) in [6.45, 7) is 2.47. The van der Waals surface area contributed by atoms with Crippen LogP contribution in [-0.4, -0.2) is 39.6 Å². The van der Waals surface area contributed by atoms with Crippen molar-refractivity contribution >= 4 is 17.7 Å². The molecule has 0 aromatic carbocycles. The molecule has 1 saturated heterocycles. The van der Waals surface area contributed by atoms with Crippen LogP contribution < -0.4 is 4.72 Å². The molecule has 6 heteroatoms. The Morgan fingerprint density at radius 2 is 1.87 bits per heavy atom. The summed E-state index contributed by atoms with van der Waals surface area (Å²) in [5.41, 5.74) is 0. The van der Waals surface area contributed by atoms with Crippen LogP contribution in [0.2, 0.25) is 0 Å². The molecule has 0 saturated carbocycles. The first-order chi connectivity index (χ1) is 6.97. The molecule has 0 aromatic rings. The Hall–Kier alpha value is 0.270. The molecular weight excluding hydrogens is 236 g/mol. The van der Waals surface area contributed by atoms with E-state index in [0.717, 1.165) is 6.16 Å². The summed E-state index contributed by atoms with van der Waals surface area (Å²) in [5.74, 6) is 0. The van der Waals surface area contributed by atoms with Crippen molar-refractivity contribution in [3.8, 4) is 0 Å². The van der Waals surface area contributed by atoms with Gasteiger partial charge in [-0.05, 0) is 0 Å². The monoisotopic (exact) mass is 257 g/mol. The van der Waals surface area contributed by atoms with Crippen LogP contribution >= 0.6 is 7.26 Å². The van der Waals surface area contributed by atoms with Crippen molar-refractivity contribution in [2.75, 3.05) is 31.2 Å². The van der Waals surface area contributed by atoms with Crippen molar-refractivity contribution in [2.45, 2.75) is 26.2 Å². The predicted octanol–water partition coefficient (Wildman–Crippen LogP) is 1.74. The van der Waals surface area contributed by atoms with Crippen molar-refractivity contribution < 1.29 is 12.3 Å². The van der Waals surface area contributed by atoms with Gasteiger partial charge in [-0.1, -0.05) is 0 Å². The van der Waals surface area contributed by atoms with E-state index in [4.69, 9.17) is 0 Å². The van der Waals surface area contributed by atoms with Gasteiger partial charge < -0.3 is 0 Å². The Balaban J connectivity index is 2.39. The predicted molar refractivity (Wildman–Crippen MR) is 65.3 cm³/mol. The van der Waals surface area contributed by atoms with Crippen LogP contribution in [0, 0.1) is 0 Å². The molecule has 3 nitrogen and oxygen atoms in total. The number of hydrogen-bond donors (Lipinski definition) is 1. The van der Waals surface area contributed by atoms with Crippen molar-refractivity contribution in [2.24, 2.45) is 0 Å². The van der Waals surface area contributed by atoms with Crippen LogP contribution in [0.3, 0.4) is 0 Å². The maximum atomic E-state index is 12.3. The zero-order chi connectivity index (χ0) is 11.4. The molecule has 1 heterocycles. The maximum absolute atomic E-state index is 12.3. The summed E-state index contributed by atoms with van der Waals surface area (Å²) in [6, 6.07) is 0. The molecule has 0 unspecified atom stereocenters. The summed E-state index contributed by atoms with van der Waals surface area (Å²) in [5, 5.41) is 0. The van der Waals surface area contributed by atoms with Gasteiger partial charge in [-0.2, -0.15) is 0 Å². The van der Waals surface area contributed by atoms with E-state index in [-0.39, 0.29) is 0 Å². The normalized spacial score (nSPS) is 22.8. The molecule has 0 radical (unpaired) electrons. The summed E-state index contributed by atoms with van der Waals surface area (Å²) < 4.78 is 34.8. The third-order valence-corrected chi connectivity index (χ3v) is 9.62. The van der Waals surface area contributed by atoms with E-state index in [1.54, 1.807) is 0 Å². The average Bonchev–Trinajstić information content (AvgIpc) is 2.52. The number of rotatable bonds is 6. The zero-order valence-electron chi connectivity index (χ0n) is 9.26. The van der Waals surface area contributed by atoms with Crippen LogP contribution in [0.25, 0.3) is 0 Å². The molecular formula is C9H21FNO2PS. The van der Waals surface area contributed by atoms with E-state index in [2.05, 4.69) is 6.92 Å². The molecule has 1 N–H and O–H groups in total. The van der Waals surface area contributed by atoms with Crippen molar-refractivity contribution in [3.05, 3.63) is 0 Å². The fourth-order valence-electron chi connectivity index (χ4n) is 2.72. The van der Waals surface area contributed by atoms with Gasteiger partial charge in [0.15, 0.2) is 0 Å². The molecule has 0 amide bonds. The second-order valence-corrected chi connectivity index (χ2v) is 10.7. The molecule has 0 bridgehead atoms. The molecule has 0 aromatic heterocycles. The molecule has 92 valence electrons. The van der Waals surface area contributed by atoms with Gasteiger partial charge in [-0.15, -0.1) is 0 Å². The van der Waals surface area contributed by atoms with E-state index in [0.29, 0.717) is 6.54 Å². The van der Waals surface area contributed by atoms with E-state index < -0.39 is 17.7 Å². The molecule has 1 aliphatic rings. The molecule has 1 aliphatic heterocycles. The van der Waals surface area contributed by atoms with Crippen LogP contribution in [0.15, 0.2) is 0 Å². The minimum atomic E-state index is -4.49. The molecule has 0 aliphatic carbocycles. The topological polar surface area (TPSA) is 46.2 Å². The van der Waals surface area contributed by atoms with Gasteiger partial charge in [-0.3, -0.25) is 0 Å². The Bertz CT molecular complexity index is 288. The van der Waals surface area contributed by atoms with Crippen LogP contribution in [0.1, 0.15) is 26.2 Å². The summed E-state index contributed by atoms with van der Waals surface area (Å²) in [7, 11) is -5.71. The molecule has 1 rings (SSSR count). The molecule has 0 spiro atoms. The van der Waals surface area contributed by atoms with Crippen LogP contribution in [0.4, 0.5) is 3.89 Å². The van der Waals surface area contributed by atoms with E-state index >= 15 is 0 Å². The SMILES string of the molecule is CCC[PH]1(CCNS(=O)(=O)F)CCCC1. The minimum absolute atomic E-state index is 0.297. The Kier molecular flexibility index (Phi) is 4.94. The third-order valence-electron chi connectivity index (χ3n) is 3.37. The molecule has 0 atom stereocenters. The van der Waals surface area contributed by atoms with Crippen LogP contribution in [0.5, 0.6) is 0 Å². The Morgan fingerprint density at radius 3 is 2.33 bits per heavy atom. The van der Waals surface area contributed by atoms with Gasteiger partial charge in [-0.25, -0.2) is 0 Å². The number of halogens is 1. The number of hydrogen-bond acceptors (Lipinski definition) is 2. The quantitative estimate of drug-likeness (QED) is 0.582. The standard InChI is InChI=1S/C9H21FNO2PS/c1-2-6-14(7-3-4-8-14)9-5-11-15(10,12)13/h11,14H,2-9H2,1H3. The van der Waals surface area contributed by atoms with Gasteiger partial charge >= 0.3 is 92.1 Å². The van der Waals surface area contributed by atoms with Gasteiger partial charge in [0.05, 0.1) is 0 Å². The summed E-state index contributed by atoms with van der Waals surface area (Å²) in [4.78, 5) is 0. The van der Waals surface area contributed by atoms with E-state index in [9.17, 15) is 12.3 Å². The fraction of sp³-hybridized carbons (Fsp3) is 1.00. The van der Waals surface area contributed by atoms with E-state index in [1.807, 2.05) is 4.72 Å². The van der Waals surface area contributed by atoms with E-state index in [1.165, 1.54) is 37.7 Å². The summed E-state index contributed by atoms with van der Waals surface area (Å²) >= 11 is 0. The molecule has 1 fully saturated rings. The fourth-order valence-corrected chi connectivity index (χ4v) is 8.46. The second-order valence-electron chi connectivity index (χ2n) is 4.54. The first-order valence-corrected chi connectivity index (χ1v) is 9.88. The number of nitrogens with one attached hydrogen (secondary N) is 1. The Labute approximate surface area is 92.5 Å². The zero-order valence-corrected chi connectivity index (χ0v) is 11.1. The Morgan fingerprint density at radius 1 is 1.27 bits per heavy atom. The molecule has 15 heavy (non-hydrogen) atoms. The van der Waals surface area contributed by atoms with Gasteiger partial charge in [0.1, 0.15) is 0 Å². The average molecular weight is 257 g/mol. The third kappa shape index (κ3) is 4.75. The van der Waals surface area contributed by atoms with Crippen LogP contribution in [-0.2, 0) is 10.4 Å². The van der Waals surface area contributed by atoms with Crippen molar-refractivity contribution in [3.63, 3.8) is 0 Å². The van der Waals surface area contributed by atoms with Gasteiger partial charge in [0.2, 0.25) is 0 Å². The first kappa shape index (κ1) is 13.3. The van der Waals surface area contributed by atoms with Crippen molar-refractivity contribution in [1.29, 1.82) is 0 Å². The van der Waals surface area contributed by atoms with Gasteiger partial charge in [0.25, 0.3) is 0 Å². The van der Waals surface area contributed by atoms with Gasteiger partial charge in [0, 0.05) is 0 Å². The summed E-state index contributed by atoms with van der Waals surface area (Å²) in [6.07, 6.45) is 8.52. The first-order valence-electron chi connectivity index (χ1n) is 5.67. The second kappa shape index (κ2) is 5.55.